The van der Waals surface area contributed by atoms with Crippen molar-refractivity contribution >= 4 is 39.1 Å². The van der Waals surface area contributed by atoms with E-state index in [9.17, 15) is 8.42 Å². The topological polar surface area (TPSA) is 46.2 Å². The van der Waals surface area contributed by atoms with Gasteiger partial charge in [0.2, 0.25) is 0 Å². The minimum absolute atomic E-state index is 0.206. The highest BCUT2D eigenvalue weighted by atomic mass is 35.5. The predicted molar refractivity (Wildman–Crippen MR) is 94.6 cm³/mol. The molecule has 0 heterocycles. The lowest BCUT2D eigenvalue weighted by Gasteiger charge is -2.16. The molecule has 2 rings (SSSR count). The second-order valence-corrected chi connectivity index (χ2v) is 7.80. The lowest BCUT2D eigenvalue weighted by molar-refractivity contribution is 0.599. The van der Waals surface area contributed by atoms with E-state index in [1.807, 2.05) is 38.3 Å². The van der Waals surface area contributed by atoms with Gasteiger partial charge in [0.1, 0.15) is 4.90 Å². The molecule has 0 saturated carbocycles. The van der Waals surface area contributed by atoms with Gasteiger partial charge in [-0.15, -0.1) is 11.8 Å². The molecule has 2 aromatic rings. The Hall–Kier alpha value is -1.17. The van der Waals surface area contributed by atoms with E-state index in [-0.39, 0.29) is 4.90 Å². The molecular formula is C16H18ClNO2S2. The number of halogens is 1. The van der Waals surface area contributed by atoms with Gasteiger partial charge in [-0.3, -0.25) is 4.72 Å². The van der Waals surface area contributed by atoms with E-state index in [2.05, 4.69) is 4.72 Å². The summed E-state index contributed by atoms with van der Waals surface area (Å²) >= 11 is 7.35. The monoisotopic (exact) mass is 355 g/mol. The molecule has 0 bridgehead atoms. The van der Waals surface area contributed by atoms with Crippen molar-refractivity contribution in [2.75, 3.05) is 11.0 Å². The van der Waals surface area contributed by atoms with Crippen LogP contribution >= 0.6 is 23.4 Å². The summed E-state index contributed by atoms with van der Waals surface area (Å²) in [5.41, 5.74) is 2.52. The van der Waals surface area contributed by atoms with E-state index in [4.69, 9.17) is 11.6 Å². The molecule has 0 unspecified atom stereocenters. The van der Waals surface area contributed by atoms with Crippen LogP contribution < -0.4 is 4.72 Å². The number of sulfonamides is 1. The summed E-state index contributed by atoms with van der Waals surface area (Å²) < 4.78 is 28.3. The van der Waals surface area contributed by atoms with Gasteiger partial charge in [-0.05, 0) is 48.9 Å². The molecular weight excluding hydrogens is 338 g/mol. The van der Waals surface area contributed by atoms with Crippen molar-refractivity contribution in [3.8, 4) is 0 Å². The number of hydrogen-bond donors (Lipinski definition) is 1. The van der Waals surface area contributed by atoms with Gasteiger partial charge in [0.25, 0.3) is 10.0 Å². The standard InChI is InChI=1S/C16H18ClNO2S2/c1-4-12-7-5-6-11(2)16(12)18-22(19,20)15-10-13(17)8-9-14(15)21-3/h5-10,18H,4H2,1-3H3. The summed E-state index contributed by atoms with van der Waals surface area (Å²) in [7, 11) is -3.69. The lowest BCUT2D eigenvalue weighted by atomic mass is 10.1. The molecule has 0 atom stereocenters. The summed E-state index contributed by atoms with van der Waals surface area (Å²) in [5.74, 6) is 0. The number of benzene rings is 2. The summed E-state index contributed by atoms with van der Waals surface area (Å²) in [6, 6.07) is 10.7. The number of hydrogen-bond acceptors (Lipinski definition) is 3. The molecule has 6 heteroatoms. The molecule has 0 spiro atoms. The Balaban J connectivity index is 2.52. The Morgan fingerprint density at radius 2 is 1.95 bits per heavy atom. The van der Waals surface area contributed by atoms with Crippen LogP contribution in [0.25, 0.3) is 0 Å². The lowest BCUT2D eigenvalue weighted by Crippen LogP contribution is -2.16. The van der Waals surface area contributed by atoms with Crippen LogP contribution in [0.2, 0.25) is 5.02 Å². The highest BCUT2D eigenvalue weighted by Gasteiger charge is 2.21. The van der Waals surface area contributed by atoms with Crippen molar-refractivity contribution in [3.05, 3.63) is 52.5 Å². The summed E-state index contributed by atoms with van der Waals surface area (Å²) in [6.45, 7) is 3.89. The SMILES string of the molecule is CCc1cccc(C)c1NS(=O)(=O)c1cc(Cl)ccc1SC. The van der Waals surface area contributed by atoms with Crippen molar-refractivity contribution in [1.29, 1.82) is 0 Å². The number of anilines is 1. The molecule has 0 fully saturated rings. The quantitative estimate of drug-likeness (QED) is 0.788. The average Bonchev–Trinajstić information content (AvgIpc) is 2.49. The van der Waals surface area contributed by atoms with E-state index in [1.165, 1.54) is 17.8 Å². The van der Waals surface area contributed by atoms with Gasteiger partial charge < -0.3 is 0 Å². The molecule has 0 amide bonds. The van der Waals surface area contributed by atoms with Gasteiger partial charge in [-0.25, -0.2) is 8.42 Å². The number of thioether (sulfide) groups is 1. The minimum atomic E-state index is -3.69. The molecule has 118 valence electrons. The first-order valence-corrected chi connectivity index (χ1v) is 9.92. The van der Waals surface area contributed by atoms with Crippen molar-refractivity contribution in [2.24, 2.45) is 0 Å². The van der Waals surface area contributed by atoms with Crippen molar-refractivity contribution in [3.63, 3.8) is 0 Å². The molecule has 0 aliphatic rings. The smallest absolute Gasteiger partial charge is 0.263 e. The third-order valence-corrected chi connectivity index (χ3v) is 5.94. The largest absolute Gasteiger partial charge is 0.279 e. The third kappa shape index (κ3) is 3.59. The predicted octanol–water partition coefficient (Wildman–Crippen LogP) is 4.73. The van der Waals surface area contributed by atoms with Crippen LogP contribution in [0, 0.1) is 6.92 Å². The maximum Gasteiger partial charge on any atom is 0.263 e. The normalized spacial score (nSPS) is 11.5. The van der Waals surface area contributed by atoms with E-state index >= 15 is 0 Å². The van der Waals surface area contributed by atoms with Gasteiger partial charge in [-0.2, -0.15) is 0 Å². The fraction of sp³-hybridized carbons (Fsp3) is 0.250. The molecule has 0 radical (unpaired) electrons. The second kappa shape index (κ2) is 6.94. The Kier molecular flexibility index (Phi) is 5.42. The second-order valence-electron chi connectivity index (χ2n) is 4.86. The van der Waals surface area contributed by atoms with Gasteiger partial charge in [-0.1, -0.05) is 36.7 Å². The molecule has 2 aromatic carbocycles. The third-order valence-electron chi connectivity index (χ3n) is 3.39. The average molecular weight is 356 g/mol. The molecule has 1 N–H and O–H groups in total. The highest BCUT2D eigenvalue weighted by Crippen LogP contribution is 2.31. The first-order valence-electron chi connectivity index (χ1n) is 6.84. The first-order chi connectivity index (χ1) is 10.4. The van der Waals surface area contributed by atoms with Gasteiger partial charge in [0.05, 0.1) is 5.69 Å². The fourth-order valence-electron chi connectivity index (χ4n) is 2.22. The summed E-state index contributed by atoms with van der Waals surface area (Å²) in [5, 5.41) is 0.402. The van der Waals surface area contributed by atoms with Crippen LogP contribution in [-0.4, -0.2) is 14.7 Å². The van der Waals surface area contributed by atoms with Crippen molar-refractivity contribution in [2.45, 2.75) is 30.1 Å². The number of nitrogens with one attached hydrogen (secondary N) is 1. The Morgan fingerprint density at radius 3 is 2.59 bits per heavy atom. The Bertz CT molecular complexity index is 789. The minimum Gasteiger partial charge on any atom is -0.279 e. The van der Waals surface area contributed by atoms with E-state index in [0.29, 0.717) is 15.6 Å². The van der Waals surface area contributed by atoms with Crippen LogP contribution in [0.1, 0.15) is 18.1 Å². The number of rotatable bonds is 5. The van der Waals surface area contributed by atoms with Crippen molar-refractivity contribution in [1.82, 2.24) is 0 Å². The number of para-hydroxylation sites is 1. The zero-order valence-electron chi connectivity index (χ0n) is 12.7. The molecule has 0 aliphatic heterocycles. The van der Waals surface area contributed by atoms with Crippen molar-refractivity contribution < 1.29 is 8.42 Å². The van der Waals surface area contributed by atoms with Gasteiger partial charge >= 0.3 is 0 Å². The molecule has 0 aromatic heterocycles. The van der Waals surface area contributed by atoms with Crippen LogP contribution in [0.3, 0.4) is 0 Å². The summed E-state index contributed by atoms with van der Waals surface area (Å²) in [4.78, 5) is 0.876. The zero-order chi connectivity index (χ0) is 16.3. The van der Waals surface area contributed by atoms with E-state index < -0.39 is 10.0 Å². The zero-order valence-corrected chi connectivity index (χ0v) is 15.1. The summed E-state index contributed by atoms with van der Waals surface area (Å²) in [6.07, 6.45) is 2.60. The highest BCUT2D eigenvalue weighted by molar-refractivity contribution is 7.99. The van der Waals surface area contributed by atoms with Gasteiger partial charge in [0.15, 0.2) is 0 Å². The van der Waals surface area contributed by atoms with Crippen LogP contribution in [-0.2, 0) is 16.4 Å². The molecule has 22 heavy (non-hydrogen) atoms. The molecule has 0 aliphatic carbocycles. The van der Waals surface area contributed by atoms with Crippen LogP contribution in [0.5, 0.6) is 0 Å². The van der Waals surface area contributed by atoms with Crippen LogP contribution in [0.15, 0.2) is 46.2 Å². The number of aryl methyl sites for hydroxylation is 2. The first kappa shape index (κ1) is 17.2. The fourth-order valence-corrected chi connectivity index (χ4v) is 4.79. The Morgan fingerprint density at radius 1 is 1.23 bits per heavy atom. The molecule has 3 nitrogen and oxygen atoms in total. The van der Waals surface area contributed by atoms with E-state index in [0.717, 1.165) is 17.5 Å². The van der Waals surface area contributed by atoms with E-state index in [1.54, 1.807) is 12.1 Å². The maximum atomic E-state index is 12.8. The maximum absolute atomic E-state index is 12.8. The van der Waals surface area contributed by atoms with Gasteiger partial charge in [0, 0.05) is 9.92 Å². The Labute approximate surface area is 141 Å². The van der Waals surface area contributed by atoms with Crippen LogP contribution in [0.4, 0.5) is 5.69 Å². The molecule has 0 saturated heterocycles.